The second kappa shape index (κ2) is 4.75. The number of aliphatic imine (C=N–C) groups is 1. The van der Waals surface area contributed by atoms with E-state index in [0.717, 1.165) is 12.1 Å². The van der Waals surface area contributed by atoms with Gasteiger partial charge in [-0.25, -0.2) is 4.99 Å². The van der Waals surface area contributed by atoms with Crippen molar-refractivity contribution in [3.8, 4) is 0 Å². The number of aromatic nitrogens is 2. The molecule has 0 unspecified atom stereocenters. The first-order valence-electron chi connectivity index (χ1n) is 5.44. The zero-order valence-electron chi connectivity index (χ0n) is 9.99. The molecular weight excluding hydrogens is 257 g/mol. The first-order valence-corrected chi connectivity index (χ1v) is 5.44. The third-order valence-corrected chi connectivity index (χ3v) is 2.44. The Morgan fingerprint density at radius 3 is 2.79 bits per heavy atom. The number of aromatic amines is 1. The van der Waals surface area contributed by atoms with Crippen molar-refractivity contribution in [1.82, 2.24) is 10.2 Å². The van der Waals surface area contributed by atoms with E-state index in [1.165, 1.54) is 6.07 Å². The number of hydrogen-bond acceptors (Lipinski definition) is 2. The summed E-state index contributed by atoms with van der Waals surface area (Å²) in [7, 11) is 0. The van der Waals surface area contributed by atoms with Gasteiger partial charge in [-0.2, -0.15) is 18.3 Å². The summed E-state index contributed by atoms with van der Waals surface area (Å²) in [5.41, 5.74) is 5.12. The third-order valence-electron chi connectivity index (χ3n) is 2.44. The number of rotatable bonds is 2. The van der Waals surface area contributed by atoms with Crippen LogP contribution in [0.25, 0.3) is 10.9 Å². The first kappa shape index (κ1) is 13.1. The van der Waals surface area contributed by atoms with Gasteiger partial charge in [0, 0.05) is 5.39 Å². The van der Waals surface area contributed by atoms with Crippen molar-refractivity contribution in [2.24, 2.45) is 10.7 Å². The number of hydrogen-bond donors (Lipinski definition) is 2. The monoisotopic (exact) mass is 268 g/mol. The molecular formula is C12H11F3N4. The summed E-state index contributed by atoms with van der Waals surface area (Å²) in [5, 5.41) is 6.84. The molecule has 0 aliphatic rings. The SMILES string of the molecule is C/C=C/C(N)=Nc1n[nH]c2cc(C(F)(F)F)ccc12. The van der Waals surface area contributed by atoms with E-state index in [2.05, 4.69) is 15.2 Å². The van der Waals surface area contributed by atoms with Crippen molar-refractivity contribution in [3.05, 3.63) is 35.9 Å². The van der Waals surface area contributed by atoms with Crippen LogP contribution < -0.4 is 5.73 Å². The van der Waals surface area contributed by atoms with Crippen molar-refractivity contribution >= 4 is 22.6 Å². The van der Waals surface area contributed by atoms with E-state index in [-0.39, 0.29) is 17.2 Å². The highest BCUT2D eigenvalue weighted by atomic mass is 19.4. The Morgan fingerprint density at radius 2 is 2.16 bits per heavy atom. The topological polar surface area (TPSA) is 67.1 Å². The maximum Gasteiger partial charge on any atom is 0.416 e. The van der Waals surface area contributed by atoms with Gasteiger partial charge in [-0.15, -0.1) is 0 Å². The summed E-state index contributed by atoms with van der Waals surface area (Å²) in [6, 6.07) is 3.30. The molecule has 0 bridgehead atoms. The minimum absolute atomic E-state index is 0.232. The zero-order chi connectivity index (χ0) is 14.0. The smallest absolute Gasteiger partial charge is 0.384 e. The molecule has 0 amide bonds. The number of nitrogens with zero attached hydrogens (tertiary/aromatic N) is 2. The lowest BCUT2D eigenvalue weighted by molar-refractivity contribution is -0.137. The van der Waals surface area contributed by atoms with Crippen molar-refractivity contribution in [3.63, 3.8) is 0 Å². The summed E-state index contributed by atoms with van der Waals surface area (Å²) in [6.45, 7) is 1.78. The average Bonchev–Trinajstić information content (AvgIpc) is 2.71. The van der Waals surface area contributed by atoms with Crippen molar-refractivity contribution in [1.29, 1.82) is 0 Å². The minimum Gasteiger partial charge on any atom is -0.384 e. The van der Waals surface area contributed by atoms with Crippen LogP contribution >= 0.6 is 0 Å². The van der Waals surface area contributed by atoms with Crippen molar-refractivity contribution < 1.29 is 13.2 Å². The molecule has 7 heteroatoms. The summed E-state index contributed by atoms with van der Waals surface area (Å²) in [5.74, 6) is 0.495. The van der Waals surface area contributed by atoms with Crippen LogP contribution in [0.4, 0.5) is 19.0 Å². The van der Waals surface area contributed by atoms with Crippen LogP contribution in [0.2, 0.25) is 0 Å². The normalized spacial score (nSPS) is 13.6. The summed E-state index contributed by atoms with van der Waals surface area (Å²) in [4.78, 5) is 4.01. The largest absolute Gasteiger partial charge is 0.416 e. The summed E-state index contributed by atoms with van der Waals surface area (Å²) < 4.78 is 37.6. The molecule has 0 saturated heterocycles. The summed E-state index contributed by atoms with van der Waals surface area (Å²) >= 11 is 0. The number of nitrogens with one attached hydrogen (secondary N) is 1. The lowest BCUT2D eigenvalue weighted by Crippen LogP contribution is -2.06. The molecule has 2 rings (SSSR count). The molecule has 0 saturated carbocycles. The van der Waals surface area contributed by atoms with Crippen LogP contribution in [-0.4, -0.2) is 16.0 Å². The van der Waals surface area contributed by atoms with Crippen LogP contribution in [0.1, 0.15) is 12.5 Å². The van der Waals surface area contributed by atoms with Gasteiger partial charge >= 0.3 is 6.18 Å². The van der Waals surface area contributed by atoms with Gasteiger partial charge in [-0.05, 0) is 31.2 Å². The van der Waals surface area contributed by atoms with Gasteiger partial charge in [0.15, 0.2) is 5.82 Å². The maximum atomic E-state index is 12.5. The van der Waals surface area contributed by atoms with Crippen LogP contribution in [0.15, 0.2) is 35.3 Å². The molecule has 1 aromatic carbocycles. The van der Waals surface area contributed by atoms with E-state index in [4.69, 9.17) is 5.73 Å². The first-order chi connectivity index (χ1) is 8.91. The van der Waals surface area contributed by atoms with E-state index < -0.39 is 11.7 Å². The van der Waals surface area contributed by atoms with Crippen molar-refractivity contribution in [2.45, 2.75) is 13.1 Å². The van der Waals surface area contributed by atoms with E-state index in [0.29, 0.717) is 5.39 Å². The number of alkyl halides is 3. The van der Waals surface area contributed by atoms with E-state index in [9.17, 15) is 13.2 Å². The van der Waals surface area contributed by atoms with Gasteiger partial charge < -0.3 is 5.73 Å². The quantitative estimate of drug-likeness (QED) is 0.649. The fourth-order valence-electron chi connectivity index (χ4n) is 1.60. The molecule has 1 heterocycles. The lowest BCUT2D eigenvalue weighted by Gasteiger charge is -2.05. The molecule has 0 aliphatic heterocycles. The summed E-state index contributed by atoms with van der Waals surface area (Å²) in [6.07, 6.45) is -1.10. The van der Waals surface area contributed by atoms with E-state index in [1.54, 1.807) is 19.1 Å². The van der Waals surface area contributed by atoms with Gasteiger partial charge in [0.05, 0.1) is 11.1 Å². The molecule has 0 radical (unpaired) electrons. The number of halogens is 3. The Bertz CT molecular complexity index is 653. The lowest BCUT2D eigenvalue weighted by atomic mass is 10.1. The highest BCUT2D eigenvalue weighted by Gasteiger charge is 2.30. The molecule has 19 heavy (non-hydrogen) atoms. The van der Waals surface area contributed by atoms with Gasteiger partial charge in [-0.1, -0.05) is 6.08 Å². The fourth-order valence-corrected chi connectivity index (χ4v) is 1.60. The Kier molecular flexibility index (Phi) is 3.28. The van der Waals surface area contributed by atoms with Gasteiger partial charge in [-0.3, -0.25) is 5.10 Å². The fraction of sp³-hybridized carbons (Fsp3) is 0.167. The number of H-pyrrole nitrogens is 1. The molecule has 1 aromatic heterocycles. The molecule has 0 atom stereocenters. The number of benzene rings is 1. The van der Waals surface area contributed by atoms with Crippen LogP contribution in [-0.2, 0) is 6.18 Å². The second-order valence-corrected chi connectivity index (χ2v) is 3.84. The van der Waals surface area contributed by atoms with E-state index >= 15 is 0 Å². The van der Waals surface area contributed by atoms with Gasteiger partial charge in [0.2, 0.25) is 0 Å². The Morgan fingerprint density at radius 1 is 1.42 bits per heavy atom. The highest BCUT2D eigenvalue weighted by Crippen LogP contribution is 2.32. The minimum atomic E-state index is -4.38. The molecule has 2 aromatic rings. The molecule has 0 aliphatic carbocycles. The predicted octanol–water partition coefficient (Wildman–Crippen LogP) is 3.15. The van der Waals surface area contributed by atoms with Crippen LogP contribution in [0.5, 0.6) is 0 Å². The predicted molar refractivity (Wildman–Crippen MR) is 67.2 cm³/mol. The van der Waals surface area contributed by atoms with Crippen molar-refractivity contribution in [2.75, 3.05) is 0 Å². The van der Waals surface area contributed by atoms with Gasteiger partial charge in [0.25, 0.3) is 0 Å². The number of allylic oxidation sites excluding steroid dienone is 1. The van der Waals surface area contributed by atoms with Gasteiger partial charge in [0.1, 0.15) is 5.84 Å². The molecule has 0 fully saturated rings. The zero-order valence-corrected chi connectivity index (χ0v) is 9.99. The number of fused-ring (bicyclic) bond motifs is 1. The molecule has 0 spiro atoms. The standard InChI is InChI=1S/C12H11F3N4/c1-2-3-10(16)17-11-8-5-4-7(12(13,14)15)6-9(8)18-19-11/h2-6H,1H3,(H3,16,17,18,19)/b3-2+. The molecule has 100 valence electrons. The number of amidine groups is 1. The maximum absolute atomic E-state index is 12.5. The molecule has 4 nitrogen and oxygen atoms in total. The Labute approximate surface area is 106 Å². The third kappa shape index (κ3) is 2.75. The van der Waals surface area contributed by atoms with Crippen LogP contribution in [0.3, 0.4) is 0 Å². The average molecular weight is 268 g/mol. The highest BCUT2D eigenvalue weighted by molar-refractivity contribution is 5.97. The van der Waals surface area contributed by atoms with Crippen LogP contribution in [0, 0.1) is 0 Å². The number of nitrogens with two attached hydrogens (primary N) is 1. The Hall–Kier alpha value is -2.31. The Balaban J connectivity index is 2.48. The second-order valence-electron chi connectivity index (χ2n) is 3.84. The molecule has 3 N–H and O–H groups in total. The van der Waals surface area contributed by atoms with E-state index in [1.807, 2.05) is 0 Å².